The minimum Gasteiger partial charge on any atom is -0.361 e. The Morgan fingerprint density at radius 3 is 2.71 bits per heavy atom. The number of aryl methyl sites for hydroxylation is 1. The van der Waals surface area contributed by atoms with E-state index < -0.39 is 0 Å². The summed E-state index contributed by atoms with van der Waals surface area (Å²) in [7, 11) is 1.83. The zero-order valence-corrected chi connectivity index (χ0v) is 24.7. The molecule has 3 aromatic heterocycles. The molecule has 5 rings (SSSR count). The second-order valence-corrected chi connectivity index (χ2v) is 11.1. The minimum atomic E-state index is -0.386. The van der Waals surface area contributed by atoms with Crippen molar-refractivity contribution < 1.29 is 4.79 Å². The second kappa shape index (κ2) is 12.1. The number of aromatic nitrogens is 5. The highest BCUT2D eigenvalue weighted by atomic mass is 35.5. The van der Waals surface area contributed by atoms with E-state index in [9.17, 15) is 9.59 Å². The Labute approximate surface area is 249 Å². The maximum absolute atomic E-state index is 13.7. The van der Waals surface area contributed by atoms with Gasteiger partial charge in [-0.1, -0.05) is 24.9 Å². The van der Waals surface area contributed by atoms with Crippen molar-refractivity contribution >= 4 is 34.6 Å². The van der Waals surface area contributed by atoms with E-state index in [1.165, 1.54) is 6.07 Å². The first-order chi connectivity index (χ1) is 20.1. The van der Waals surface area contributed by atoms with E-state index in [0.29, 0.717) is 52.6 Å². The molecule has 0 aliphatic carbocycles. The van der Waals surface area contributed by atoms with E-state index in [0.717, 1.165) is 22.5 Å². The number of benzene rings is 1. The number of rotatable bonds is 5. The molecule has 11 heteroatoms. The molecule has 4 aromatic rings. The van der Waals surface area contributed by atoms with Crippen LogP contribution in [0.15, 0.2) is 71.7 Å². The predicted octanol–water partition coefficient (Wildman–Crippen LogP) is 6.06. The molecule has 3 N–H and O–H groups in total. The molecule has 1 aliphatic rings. The van der Waals surface area contributed by atoms with Gasteiger partial charge in [0.05, 0.1) is 41.3 Å². The highest BCUT2D eigenvalue weighted by Gasteiger charge is 2.24. The Morgan fingerprint density at radius 1 is 1.14 bits per heavy atom. The molecular weight excluding hydrogens is 552 g/mol. The van der Waals surface area contributed by atoms with Gasteiger partial charge in [-0.25, -0.2) is 4.98 Å². The van der Waals surface area contributed by atoms with E-state index in [2.05, 4.69) is 25.7 Å². The standard InChI is InChI=1S/C31H33ClN8O2/c1-18-6-5-7-28(26-12-21(10-11-34-26)30-27(38-31(18)42)16-37-39(30)4)40-17-36-25(14-29(40)41)23-13-22(32)8-9-24(23)35-15-19(2)20(3)33/h8-18,28,33,35H,5-7H2,1-4H3,(H,38,42)/b19-15-,33-20?. The number of fused-ring (bicyclic) bond motifs is 4. The fraction of sp³-hybridized carbons (Fsp3) is 0.290. The van der Waals surface area contributed by atoms with E-state index in [-0.39, 0.29) is 23.4 Å². The summed E-state index contributed by atoms with van der Waals surface area (Å²) in [5, 5.41) is 18.9. The van der Waals surface area contributed by atoms with Crippen LogP contribution in [0.2, 0.25) is 5.02 Å². The van der Waals surface area contributed by atoms with Crippen LogP contribution in [0.25, 0.3) is 22.5 Å². The number of hydrogen-bond donors (Lipinski definition) is 3. The lowest BCUT2D eigenvalue weighted by Crippen LogP contribution is -2.27. The molecule has 1 aliphatic heterocycles. The summed E-state index contributed by atoms with van der Waals surface area (Å²) in [6, 6.07) is 10.3. The summed E-state index contributed by atoms with van der Waals surface area (Å²) in [6.45, 7) is 5.47. The Morgan fingerprint density at radius 2 is 1.95 bits per heavy atom. The summed E-state index contributed by atoms with van der Waals surface area (Å²) >= 11 is 6.33. The summed E-state index contributed by atoms with van der Waals surface area (Å²) in [5.41, 5.74) is 5.81. The monoisotopic (exact) mass is 584 g/mol. The molecule has 0 radical (unpaired) electrons. The van der Waals surface area contributed by atoms with Crippen LogP contribution >= 0.6 is 11.6 Å². The topological polar surface area (TPSA) is 131 Å². The Kier molecular flexibility index (Phi) is 8.35. The lowest BCUT2D eigenvalue weighted by atomic mass is 9.97. The SMILES string of the molecule is CC(=N)/C(C)=C\Nc1ccc(Cl)cc1-c1cc(=O)n(C2CCCC(C)C(=O)Nc3cnn(C)c3-c3ccnc2c3)cn1. The molecule has 4 heterocycles. The number of hydrogen-bond acceptors (Lipinski definition) is 7. The number of halogens is 1. The largest absolute Gasteiger partial charge is 0.361 e. The first-order valence-corrected chi connectivity index (χ1v) is 14.2. The number of nitrogens with zero attached hydrogens (tertiary/aromatic N) is 5. The van der Waals surface area contributed by atoms with Gasteiger partial charge in [-0.15, -0.1) is 0 Å². The van der Waals surface area contributed by atoms with Crippen LogP contribution in [0.5, 0.6) is 0 Å². The molecule has 0 fully saturated rings. The van der Waals surface area contributed by atoms with Crippen LogP contribution in [0, 0.1) is 11.3 Å². The number of allylic oxidation sites excluding steroid dienone is 1. The van der Waals surface area contributed by atoms with E-state index in [4.69, 9.17) is 17.0 Å². The van der Waals surface area contributed by atoms with Gasteiger partial charge in [0, 0.05) is 59.0 Å². The molecule has 216 valence electrons. The normalized spacial score (nSPS) is 17.5. The second-order valence-electron chi connectivity index (χ2n) is 10.6. The van der Waals surface area contributed by atoms with Gasteiger partial charge in [-0.05, 0) is 62.6 Å². The van der Waals surface area contributed by atoms with Crippen molar-refractivity contribution in [3.8, 4) is 22.5 Å². The minimum absolute atomic E-state index is 0.0643. The maximum atomic E-state index is 13.7. The number of amides is 1. The lowest BCUT2D eigenvalue weighted by Gasteiger charge is -2.22. The Hall–Kier alpha value is -4.57. The number of pyridine rings is 1. The molecule has 1 aromatic carbocycles. The van der Waals surface area contributed by atoms with Crippen LogP contribution in [-0.2, 0) is 11.8 Å². The average Bonchev–Trinajstić information content (AvgIpc) is 3.33. The summed E-state index contributed by atoms with van der Waals surface area (Å²) in [4.78, 5) is 35.9. The summed E-state index contributed by atoms with van der Waals surface area (Å²) in [6.07, 6.45) is 8.63. The number of nitrogens with one attached hydrogen (secondary N) is 3. The van der Waals surface area contributed by atoms with Crippen molar-refractivity contribution in [1.82, 2.24) is 24.3 Å². The molecule has 0 spiro atoms. The predicted molar refractivity (Wildman–Crippen MR) is 166 cm³/mol. The van der Waals surface area contributed by atoms with E-state index >= 15 is 0 Å². The van der Waals surface area contributed by atoms with Crippen molar-refractivity contribution in [2.75, 3.05) is 10.6 Å². The maximum Gasteiger partial charge on any atom is 0.254 e. The molecule has 2 atom stereocenters. The molecule has 1 amide bonds. The third-order valence-corrected chi connectivity index (χ3v) is 7.85. The van der Waals surface area contributed by atoms with Crippen molar-refractivity contribution in [3.63, 3.8) is 0 Å². The van der Waals surface area contributed by atoms with Crippen molar-refractivity contribution in [2.24, 2.45) is 13.0 Å². The van der Waals surface area contributed by atoms with Gasteiger partial charge in [0.2, 0.25) is 5.91 Å². The zero-order chi connectivity index (χ0) is 30.0. The molecule has 2 unspecified atom stereocenters. The van der Waals surface area contributed by atoms with Gasteiger partial charge < -0.3 is 16.0 Å². The van der Waals surface area contributed by atoms with Crippen molar-refractivity contribution in [2.45, 2.75) is 46.1 Å². The van der Waals surface area contributed by atoms with Gasteiger partial charge in [0.25, 0.3) is 5.56 Å². The molecule has 2 bridgehead atoms. The number of anilines is 2. The third-order valence-electron chi connectivity index (χ3n) is 7.62. The fourth-order valence-electron chi connectivity index (χ4n) is 5.02. The average molecular weight is 585 g/mol. The highest BCUT2D eigenvalue weighted by Crippen LogP contribution is 2.33. The van der Waals surface area contributed by atoms with Gasteiger partial charge in [0.15, 0.2) is 0 Å². The quantitative estimate of drug-likeness (QED) is 0.244. The van der Waals surface area contributed by atoms with Gasteiger partial charge >= 0.3 is 0 Å². The first-order valence-electron chi connectivity index (χ1n) is 13.8. The Balaban J connectivity index is 1.56. The van der Waals surface area contributed by atoms with Crippen LogP contribution in [0.4, 0.5) is 11.4 Å². The van der Waals surface area contributed by atoms with Gasteiger partial charge in [0.1, 0.15) is 0 Å². The highest BCUT2D eigenvalue weighted by molar-refractivity contribution is 6.31. The van der Waals surface area contributed by atoms with Crippen LogP contribution in [0.3, 0.4) is 0 Å². The smallest absolute Gasteiger partial charge is 0.254 e. The lowest BCUT2D eigenvalue weighted by molar-refractivity contribution is -0.119. The Bertz CT molecular complexity index is 1760. The molecule has 0 saturated heterocycles. The molecular formula is C31H33ClN8O2. The van der Waals surface area contributed by atoms with Crippen LogP contribution in [-0.4, -0.2) is 35.9 Å². The van der Waals surface area contributed by atoms with Crippen LogP contribution in [0.1, 0.15) is 51.8 Å². The van der Waals surface area contributed by atoms with Gasteiger partial charge in [-0.3, -0.25) is 23.8 Å². The van der Waals surface area contributed by atoms with Crippen molar-refractivity contribution in [3.05, 3.63) is 88.0 Å². The van der Waals surface area contributed by atoms with Crippen molar-refractivity contribution in [1.29, 1.82) is 5.41 Å². The van der Waals surface area contributed by atoms with E-state index in [1.807, 2.05) is 39.1 Å². The number of carbonyl (C=O) groups is 1. The number of carbonyl (C=O) groups excluding carboxylic acids is 1. The van der Waals surface area contributed by atoms with Gasteiger partial charge in [-0.2, -0.15) is 5.10 Å². The van der Waals surface area contributed by atoms with Crippen LogP contribution < -0.4 is 16.2 Å². The summed E-state index contributed by atoms with van der Waals surface area (Å²) in [5.74, 6) is -0.282. The molecule has 42 heavy (non-hydrogen) atoms. The van der Waals surface area contributed by atoms with E-state index in [1.54, 1.807) is 53.2 Å². The summed E-state index contributed by atoms with van der Waals surface area (Å²) < 4.78 is 3.33. The fourth-order valence-corrected chi connectivity index (χ4v) is 5.20. The zero-order valence-electron chi connectivity index (χ0n) is 24.0. The first kappa shape index (κ1) is 28.9. The third kappa shape index (κ3) is 6.03. The molecule has 0 saturated carbocycles. The molecule has 10 nitrogen and oxygen atoms in total.